The molecule has 6 aromatic rings. The molecule has 0 spiro atoms. The number of nitrogens with one attached hydrogen (secondary N) is 1. The number of nitrogens with zero attached hydrogens (tertiary/aromatic N) is 4. The molecule has 0 amide bonds. The fraction of sp³-hybridized carbons (Fsp3) is 0.143. The van der Waals surface area contributed by atoms with Crippen molar-refractivity contribution in [3.05, 3.63) is 109 Å². The van der Waals surface area contributed by atoms with Crippen molar-refractivity contribution < 1.29 is 0 Å². The standard InChI is InChI=1S/C14H12BrN3S.C8H10BrN.C6H3ClN2S.2H2S/c1-9(10-2-4-11(15)5-3-10)18-13-12-6-7-19-14(12)17-8-16-13;1-6(10)7-2-4-8(9)5-3-7;7-5-4-1-2-10-6(4)9-3-8-5;;/h2-9H,1H3,(H,16,17,18);2-6H,10H2,1H3;1-3H;2*1H2/t9-;6-;;;/m00.../s1. The zero-order valence-corrected chi connectivity index (χ0v) is 29.6. The van der Waals surface area contributed by atoms with Crippen molar-refractivity contribution in [3.8, 4) is 0 Å². The molecule has 0 saturated heterocycles. The maximum absolute atomic E-state index is 5.75. The molecule has 2 atom stereocenters. The van der Waals surface area contributed by atoms with Gasteiger partial charge in [-0.05, 0) is 72.1 Å². The molecule has 0 aliphatic carbocycles. The Morgan fingerprint density at radius 3 is 1.73 bits per heavy atom. The molecule has 2 aromatic carbocycles. The topological polar surface area (TPSA) is 89.6 Å². The van der Waals surface area contributed by atoms with Gasteiger partial charge in [-0.2, -0.15) is 27.0 Å². The Morgan fingerprint density at radius 2 is 1.20 bits per heavy atom. The van der Waals surface area contributed by atoms with Gasteiger partial charge in [0.25, 0.3) is 0 Å². The number of hydrogen-bond donors (Lipinski definition) is 2. The second-order valence-electron chi connectivity index (χ2n) is 8.42. The lowest BCUT2D eigenvalue weighted by molar-refractivity contribution is 0.818. The average molecular weight is 773 g/mol. The van der Waals surface area contributed by atoms with Gasteiger partial charge in [0.1, 0.15) is 33.3 Å². The van der Waals surface area contributed by atoms with Crippen LogP contribution < -0.4 is 11.1 Å². The second-order valence-corrected chi connectivity index (χ2v) is 12.4. The first-order chi connectivity index (χ1) is 18.8. The lowest BCUT2D eigenvalue weighted by atomic mass is 10.1. The third-order valence-electron chi connectivity index (χ3n) is 5.59. The fourth-order valence-electron chi connectivity index (χ4n) is 3.47. The smallest absolute Gasteiger partial charge is 0.141 e. The lowest BCUT2D eigenvalue weighted by Gasteiger charge is -2.15. The molecule has 0 bridgehead atoms. The maximum Gasteiger partial charge on any atom is 0.141 e. The van der Waals surface area contributed by atoms with Crippen LogP contribution in [0, 0.1) is 0 Å². The van der Waals surface area contributed by atoms with Gasteiger partial charge in [0.05, 0.1) is 5.39 Å². The van der Waals surface area contributed by atoms with Gasteiger partial charge in [0.2, 0.25) is 0 Å². The van der Waals surface area contributed by atoms with E-state index in [2.05, 4.69) is 82.2 Å². The molecule has 3 N–H and O–H groups in total. The van der Waals surface area contributed by atoms with Crippen molar-refractivity contribution in [1.82, 2.24) is 19.9 Å². The van der Waals surface area contributed by atoms with Crippen molar-refractivity contribution in [2.45, 2.75) is 25.9 Å². The van der Waals surface area contributed by atoms with E-state index in [-0.39, 0.29) is 39.1 Å². The number of hydrogen-bond acceptors (Lipinski definition) is 8. The van der Waals surface area contributed by atoms with Crippen molar-refractivity contribution in [2.75, 3.05) is 5.32 Å². The third-order valence-corrected chi connectivity index (χ3v) is 8.59. The van der Waals surface area contributed by atoms with Crippen molar-refractivity contribution in [2.24, 2.45) is 5.73 Å². The van der Waals surface area contributed by atoms with Gasteiger partial charge in [0, 0.05) is 26.4 Å². The molecule has 6 rings (SSSR count). The van der Waals surface area contributed by atoms with Crippen LogP contribution in [0.2, 0.25) is 5.15 Å². The molecule has 0 fully saturated rings. The molecule has 0 aliphatic rings. The molecule has 4 heterocycles. The first-order valence-electron chi connectivity index (χ1n) is 11.9. The number of anilines is 1. The molecular formula is C28H29Br2ClN6S4. The van der Waals surface area contributed by atoms with Crippen molar-refractivity contribution in [3.63, 3.8) is 0 Å². The highest BCUT2D eigenvalue weighted by molar-refractivity contribution is 9.10. The third kappa shape index (κ3) is 10.2. The van der Waals surface area contributed by atoms with Gasteiger partial charge >= 0.3 is 0 Å². The van der Waals surface area contributed by atoms with Gasteiger partial charge in [-0.25, -0.2) is 19.9 Å². The van der Waals surface area contributed by atoms with E-state index >= 15 is 0 Å². The number of benzene rings is 2. The van der Waals surface area contributed by atoms with Crippen molar-refractivity contribution in [1.29, 1.82) is 0 Å². The maximum atomic E-state index is 5.75. The summed E-state index contributed by atoms with van der Waals surface area (Å²) in [5, 5.41) is 9.99. The van der Waals surface area contributed by atoms with Gasteiger partial charge in [-0.15, -0.1) is 22.7 Å². The number of fused-ring (bicyclic) bond motifs is 2. The molecule has 0 aliphatic heterocycles. The Balaban J connectivity index is 0.000000228. The quantitative estimate of drug-likeness (QED) is 0.174. The molecule has 41 heavy (non-hydrogen) atoms. The summed E-state index contributed by atoms with van der Waals surface area (Å²) in [4.78, 5) is 18.4. The van der Waals surface area contributed by atoms with Gasteiger partial charge in [0.15, 0.2) is 0 Å². The molecule has 0 saturated carbocycles. The van der Waals surface area contributed by atoms with Crippen LogP contribution in [0.1, 0.15) is 37.1 Å². The van der Waals surface area contributed by atoms with E-state index < -0.39 is 0 Å². The Labute approximate surface area is 283 Å². The summed E-state index contributed by atoms with van der Waals surface area (Å²) in [6, 6.07) is 20.7. The van der Waals surface area contributed by atoms with Gasteiger partial charge < -0.3 is 11.1 Å². The number of halogens is 3. The van der Waals surface area contributed by atoms with Crippen LogP contribution in [0.25, 0.3) is 20.4 Å². The molecule has 6 nitrogen and oxygen atoms in total. The lowest BCUT2D eigenvalue weighted by Crippen LogP contribution is -2.08. The van der Waals surface area contributed by atoms with Crippen LogP contribution in [-0.2, 0) is 0 Å². The van der Waals surface area contributed by atoms with Crippen molar-refractivity contribution >= 4 is 119 Å². The molecular weight excluding hydrogens is 744 g/mol. The number of nitrogens with two attached hydrogens (primary N) is 1. The molecule has 13 heteroatoms. The number of thiophene rings is 2. The first kappa shape index (κ1) is 35.4. The highest BCUT2D eigenvalue weighted by atomic mass is 79.9. The number of aromatic nitrogens is 4. The minimum atomic E-state index is 0. The molecule has 4 aromatic heterocycles. The highest BCUT2D eigenvalue weighted by Gasteiger charge is 2.09. The first-order valence-corrected chi connectivity index (χ1v) is 15.6. The van der Waals surface area contributed by atoms with Crippen LogP contribution >= 0.6 is 93.1 Å². The van der Waals surface area contributed by atoms with Gasteiger partial charge in [-0.3, -0.25) is 0 Å². The summed E-state index contributed by atoms with van der Waals surface area (Å²) in [6.07, 6.45) is 3.08. The summed E-state index contributed by atoms with van der Waals surface area (Å²) >= 11 is 15.8. The summed E-state index contributed by atoms with van der Waals surface area (Å²) in [5.41, 5.74) is 8.05. The normalized spacial score (nSPS) is 11.6. The number of rotatable bonds is 4. The van der Waals surface area contributed by atoms with Gasteiger partial charge in [-0.1, -0.05) is 67.7 Å². The minimum absolute atomic E-state index is 0. The van der Waals surface area contributed by atoms with E-state index in [1.807, 2.05) is 60.1 Å². The minimum Gasteiger partial charge on any atom is -0.363 e. The molecule has 0 radical (unpaired) electrons. The van der Waals surface area contributed by atoms with E-state index in [0.29, 0.717) is 5.15 Å². The SMILES string of the molecule is C[C@H](N)c1ccc(Br)cc1.C[C@H](Nc1ncnc2sccc12)c1ccc(Br)cc1.Clc1ncnc2sccc12.S.S. The Hall–Kier alpha value is -1.77. The Bertz CT molecular complexity index is 1630. The average Bonchev–Trinajstić information content (AvgIpc) is 3.61. The fourth-order valence-corrected chi connectivity index (χ4v) is 5.72. The predicted octanol–water partition coefficient (Wildman–Crippen LogP) is 9.67. The predicted molar refractivity (Wildman–Crippen MR) is 194 cm³/mol. The van der Waals surface area contributed by atoms with Crippen LogP contribution in [0.5, 0.6) is 0 Å². The van der Waals surface area contributed by atoms with E-state index in [1.165, 1.54) is 17.5 Å². The summed E-state index contributed by atoms with van der Waals surface area (Å²) in [5.74, 6) is 0.890. The van der Waals surface area contributed by atoms with E-state index in [0.717, 1.165) is 35.2 Å². The highest BCUT2D eigenvalue weighted by Crippen LogP contribution is 2.27. The van der Waals surface area contributed by atoms with E-state index in [4.69, 9.17) is 17.3 Å². The Morgan fingerprint density at radius 1 is 0.707 bits per heavy atom. The van der Waals surface area contributed by atoms with Crippen LogP contribution in [-0.4, -0.2) is 19.9 Å². The van der Waals surface area contributed by atoms with Crippen LogP contribution in [0.4, 0.5) is 5.82 Å². The molecule has 0 unspecified atom stereocenters. The summed E-state index contributed by atoms with van der Waals surface area (Å²) < 4.78 is 2.18. The summed E-state index contributed by atoms with van der Waals surface area (Å²) in [7, 11) is 0. The second kappa shape index (κ2) is 17.4. The zero-order chi connectivity index (χ0) is 27.8. The van der Waals surface area contributed by atoms with Crippen LogP contribution in [0.15, 0.2) is 93.0 Å². The van der Waals surface area contributed by atoms with Crippen LogP contribution in [0.3, 0.4) is 0 Å². The van der Waals surface area contributed by atoms with E-state index in [9.17, 15) is 0 Å². The summed E-state index contributed by atoms with van der Waals surface area (Å²) in [6.45, 7) is 4.10. The monoisotopic (exact) mass is 770 g/mol. The Kier molecular flexibility index (Phi) is 15.0. The van der Waals surface area contributed by atoms with E-state index in [1.54, 1.807) is 29.0 Å². The largest absolute Gasteiger partial charge is 0.363 e. The zero-order valence-electron chi connectivity index (χ0n) is 22.1. The molecule has 216 valence electrons.